The third-order valence-electron chi connectivity index (χ3n) is 4.25. The van der Waals surface area contributed by atoms with Gasteiger partial charge in [-0.15, -0.1) is 0 Å². The van der Waals surface area contributed by atoms with Crippen LogP contribution in [0.5, 0.6) is 0 Å². The number of nitrogens with zero attached hydrogens (tertiary/aromatic N) is 3. The minimum absolute atomic E-state index is 0.0254. The molecule has 0 spiro atoms. The number of hydrogen-bond donors (Lipinski definition) is 3. The van der Waals surface area contributed by atoms with Crippen LogP contribution in [0.2, 0.25) is 0 Å². The number of ketones is 1. The Labute approximate surface area is 166 Å². The normalized spacial score (nSPS) is 11.2. The van der Waals surface area contributed by atoms with Crippen molar-refractivity contribution in [3.63, 3.8) is 0 Å². The third kappa shape index (κ3) is 4.92. The number of aryl methyl sites for hydroxylation is 1. The van der Waals surface area contributed by atoms with Crippen LogP contribution in [0.1, 0.15) is 28.0 Å². The maximum absolute atomic E-state index is 12.2. The van der Waals surface area contributed by atoms with Gasteiger partial charge in [0.05, 0.1) is 18.7 Å². The second kappa shape index (κ2) is 8.91. The van der Waals surface area contributed by atoms with Crippen LogP contribution in [0.15, 0.2) is 38.8 Å². The van der Waals surface area contributed by atoms with E-state index >= 15 is 0 Å². The van der Waals surface area contributed by atoms with Crippen molar-refractivity contribution in [2.24, 2.45) is 24.8 Å². The Morgan fingerprint density at radius 3 is 2.38 bits per heavy atom. The summed E-state index contributed by atoms with van der Waals surface area (Å²) in [7, 11) is 2.69. The summed E-state index contributed by atoms with van der Waals surface area (Å²) in [4.78, 5) is 52.0. The monoisotopic (exact) mass is 398 g/mol. The lowest BCUT2D eigenvalue weighted by molar-refractivity contribution is -0.116. The number of carbonyl (C=O) groups is 2. The van der Waals surface area contributed by atoms with Crippen LogP contribution in [0.4, 0.5) is 5.69 Å². The summed E-state index contributed by atoms with van der Waals surface area (Å²) in [6.07, 6.45) is 0.621. The predicted molar refractivity (Wildman–Crippen MR) is 110 cm³/mol. The van der Waals surface area contributed by atoms with E-state index in [0.717, 1.165) is 20.9 Å². The summed E-state index contributed by atoms with van der Waals surface area (Å²) in [6, 6.07) is 6.93. The molecule has 2 aromatic rings. The summed E-state index contributed by atoms with van der Waals surface area (Å²) < 4.78 is 1.97. The molecule has 152 valence electrons. The molecular formula is C19H22N6O4. The SMILES string of the molecule is Cc1ccc(C(=O)CC(N)=NC(=O)CNc2c(C=N)n(C)c(=O)n(C)c2=O)cc1. The third-order valence-corrected chi connectivity index (χ3v) is 4.25. The topological polar surface area (TPSA) is 152 Å². The summed E-state index contributed by atoms with van der Waals surface area (Å²) in [6.45, 7) is 1.51. The van der Waals surface area contributed by atoms with E-state index in [0.29, 0.717) is 5.56 Å². The van der Waals surface area contributed by atoms with E-state index < -0.39 is 23.7 Å². The Kier molecular flexibility index (Phi) is 6.60. The van der Waals surface area contributed by atoms with Gasteiger partial charge in [-0.3, -0.25) is 23.5 Å². The lowest BCUT2D eigenvalue weighted by atomic mass is 10.1. The van der Waals surface area contributed by atoms with E-state index in [4.69, 9.17) is 11.1 Å². The van der Waals surface area contributed by atoms with Crippen molar-refractivity contribution in [2.45, 2.75) is 13.3 Å². The van der Waals surface area contributed by atoms with E-state index in [-0.39, 0.29) is 29.4 Å². The minimum Gasteiger partial charge on any atom is -0.387 e. The lowest BCUT2D eigenvalue weighted by Crippen LogP contribution is -2.40. The van der Waals surface area contributed by atoms with E-state index in [2.05, 4.69) is 10.3 Å². The standard InChI is InChI=1S/C19H22N6O4/c1-11-4-6-12(7-5-11)14(26)8-15(21)23-16(27)10-22-17-13(9-20)24(2)19(29)25(3)18(17)28/h4-7,9,20,22H,8,10H2,1-3H3,(H2,21,23,27). The van der Waals surface area contributed by atoms with Gasteiger partial charge in [-0.2, -0.15) is 4.99 Å². The molecule has 0 aliphatic heterocycles. The summed E-state index contributed by atoms with van der Waals surface area (Å²) >= 11 is 0. The first-order chi connectivity index (χ1) is 13.6. The summed E-state index contributed by atoms with van der Waals surface area (Å²) in [5, 5.41) is 10.0. The number of aromatic nitrogens is 2. The fourth-order valence-corrected chi connectivity index (χ4v) is 2.60. The predicted octanol–water partition coefficient (Wildman–Crippen LogP) is -0.0412. The molecule has 10 heteroatoms. The van der Waals surface area contributed by atoms with E-state index in [1.54, 1.807) is 24.3 Å². The molecule has 29 heavy (non-hydrogen) atoms. The van der Waals surface area contributed by atoms with Crippen LogP contribution >= 0.6 is 0 Å². The molecule has 0 atom stereocenters. The lowest BCUT2D eigenvalue weighted by Gasteiger charge is -2.12. The molecule has 1 aromatic heterocycles. The van der Waals surface area contributed by atoms with Gasteiger partial charge in [0.1, 0.15) is 11.5 Å². The fraction of sp³-hybridized carbons (Fsp3) is 0.263. The van der Waals surface area contributed by atoms with Crippen molar-refractivity contribution < 1.29 is 9.59 Å². The average molecular weight is 398 g/mol. The number of amidine groups is 1. The Balaban J connectivity index is 2.10. The van der Waals surface area contributed by atoms with Crippen molar-refractivity contribution in [2.75, 3.05) is 11.9 Å². The van der Waals surface area contributed by atoms with Crippen molar-refractivity contribution >= 4 is 29.4 Å². The summed E-state index contributed by atoms with van der Waals surface area (Å²) in [5.74, 6) is -1.13. The van der Waals surface area contributed by atoms with Crippen molar-refractivity contribution in [3.8, 4) is 0 Å². The number of hydrogen-bond acceptors (Lipinski definition) is 6. The van der Waals surface area contributed by atoms with Gasteiger partial charge in [-0.1, -0.05) is 29.8 Å². The fourth-order valence-electron chi connectivity index (χ4n) is 2.60. The molecule has 1 heterocycles. The molecule has 0 radical (unpaired) electrons. The number of rotatable bonds is 7. The molecule has 0 aliphatic rings. The molecule has 0 saturated carbocycles. The number of Topliss-reactive ketones (excluding diaryl/α,β-unsaturated/α-hetero) is 1. The van der Waals surface area contributed by atoms with Crippen LogP contribution < -0.4 is 22.3 Å². The Hall–Kier alpha value is -3.82. The first-order valence-corrected chi connectivity index (χ1v) is 8.65. The van der Waals surface area contributed by atoms with Gasteiger partial charge in [0.2, 0.25) is 0 Å². The van der Waals surface area contributed by atoms with Crippen molar-refractivity contribution in [3.05, 3.63) is 61.9 Å². The van der Waals surface area contributed by atoms with E-state index in [9.17, 15) is 19.2 Å². The highest BCUT2D eigenvalue weighted by atomic mass is 16.2. The second-order valence-electron chi connectivity index (χ2n) is 6.43. The zero-order valence-electron chi connectivity index (χ0n) is 16.4. The van der Waals surface area contributed by atoms with Gasteiger partial charge in [-0.05, 0) is 6.92 Å². The van der Waals surface area contributed by atoms with Crippen molar-refractivity contribution in [1.82, 2.24) is 9.13 Å². The van der Waals surface area contributed by atoms with Gasteiger partial charge < -0.3 is 16.5 Å². The van der Waals surface area contributed by atoms with Crippen LogP contribution in [0.3, 0.4) is 0 Å². The number of amides is 1. The van der Waals surface area contributed by atoms with Crippen LogP contribution in [0, 0.1) is 12.3 Å². The van der Waals surface area contributed by atoms with Crippen LogP contribution in [-0.2, 0) is 18.9 Å². The van der Waals surface area contributed by atoms with E-state index in [1.165, 1.54) is 14.1 Å². The average Bonchev–Trinajstić information content (AvgIpc) is 2.68. The minimum atomic E-state index is -0.703. The van der Waals surface area contributed by atoms with Gasteiger partial charge in [0.25, 0.3) is 11.5 Å². The van der Waals surface area contributed by atoms with Gasteiger partial charge in [-0.25, -0.2) is 4.79 Å². The molecule has 1 amide bonds. The molecule has 0 saturated heterocycles. The quantitative estimate of drug-likeness (QED) is 0.338. The molecule has 0 unspecified atom stereocenters. The molecule has 0 bridgehead atoms. The zero-order chi connectivity index (χ0) is 21.7. The molecule has 4 N–H and O–H groups in total. The maximum Gasteiger partial charge on any atom is 0.331 e. The highest BCUT2D eigenvalue weighted by Gasteiger charge is 2.15. The number of aliphatic imine (C=N–C) groups is 1. The largest absolute Gasteiger partial charge is 0.387 e. The smallest absolute Gasteiger partial charge is 0.331 e. The number of nitrogens with two attached hydrogens (primary N) is 1. The van der Waals surface area contributed by atoms with Gasteiger partial charge >= 0.3 is 5.69 Å². The molecule has 0 fully saturated rings. The highest BCUT2D eigenvalue weighted by Crippen LogP contribution is 2.07. The molecular weight excluding hydrogens is 376 g/mol. The number of nitrogens with one attached hydrogen (secondary N) is 2. The molecule has 1 aromatic carbocycles. The van der Waals surface area contributed by atoms with Gasteiger partial charge in [0, 0.05) is 25.9 Å². The van der Waals surface area contributed by atoms with Crippen LogP contribution in [-0.4, -0.2) is 39.4 Å². The number of carbonyl (C=O) groups excluding carboxylic acids is 2. The van der Waals surface area contributed by atoms with E-state index in [1.807, 2.05) is 6.92 Å². The first-order valence-electron chi connectivity index (χ1n) is 8.65. The second-order valence-corrected chi connectivity index (χ2v) is 6.43. The van der Waals surface area contributed by atoms with Crippen LogP contribution in [0.25, 0.3) is 0 Å². The number of benzene rings is 1. The van der Waals surface area contributed by atoms with Crippen molar-refractivity contribution in [1.29, 1.82) is 5.41 Å². The van der Waals surface area contributed by atoms with Gasteiger partial charge in [0.15, 0.2) is 5.78 Å². The maximum atomic E-state index is 12.2. The molecule has 2 rings (SSSR count). The Bertz CT molecular complexity index is 1110. The Morgan fingerprint density at radius 1 is 1.17 bits per heavy atom. The molecule has 0 aliphatic carbocycles. The Morgan fingerprint density at radius 2 is 1.79 bits per heavy atom. The first kappa shape index (κ1) is 21.5. The number of anilines is 1. The summed E-state index contributed by atoms with van der Waals surface area (Å²) in [5.41, 5.74) is 5.85. The highest BCUT2D eigenvalue weighted by molar-refractivity contribution is 6.11. The molecule has 10 nitrogen and oxygen atoms in total. The zero-order valence-corrected chi connectivity index (χ0v) is 16.4.